The van der Waals surface area contributed by atoms with Crippen molar-refractivity contribution in [3.63, 3.8) is 0 Å². The first-order valence-corrected chi connectivity index (χ1v) is 4.24. The van der Waals surface area contributed by atoms with E-state index in [0.29, 0.717) is 5.75 Å². The predicted octanol–water partition coefficient (Wildman–Crippen LogP) is 1.09. The molecule has 0 spiro atoms. The molecule has 0 aliphatic heterocycles. The van der Waals surface area contributed by atoms with Crippen LogP contribution >= 0.6 is 0 Å². The van der Waals surface area contributed by atoms with Crippen LogP contribution in [0.1, 0.15) is 0 Å². The Morgan fingerprint density at radius 2 is 1.93 bits per heavy atom. The molecule has 0 bridgehead atoms. The standard InChI is InChI=1S/C10H13NO3/c1-11(2)14-10(12)8-13-9-6-4-3-5-7-9/h3-7H,8H2,1-2H3. The lowest BCUT2D eigenvalue weighted by molar-refractivity contribution is -0.180. The van der Waals surface area contributed by atoms with Gasteiger partial charge >= 0.3 is 5.97 Å². The number of benzene rings is 1. The molecule has 0 saturated heterocycles. The molecule has 4 heteroatoms. The van der Waals surface area contributed by atoms with Crippen molar-refractivity contribution in [3.05, 3.63) is 30.3 Å². The van der Waals surface area contributed by atoms with Crippen LogP contribution in [-0.2, 0) is 9.63 Å². The molecule has 0 aromatic heterocycles. The Balaban J connectivity index is 2.31. The lowest BCUT2D eigenvalue weighted by Gasteiger charge is -2.10. The number of nitrogens with zero attached hydrogens (tertiary/aromatic N) is 1. The Labute approximate surface area is 83.0 Å². The minimum atomic E-state index is -0.418. The van der Waals surface area contributed by atoms with Gasteiger partial charge in [0.2, 0.25) is 0 Å². The summed E-state index contributed by atoms with van der Waals surface area (Å²) in [7, 11) is 3.28. The molecule has 1 aromatic carbocycles. The molecular weight excluding hydrogens is 182 g/mol. The average Bonchev–Trinajstić information content (AvgIpc) is 2.15. The van der Waals surface area contributed by atoms with Crippen LogP contribution in [0.15, 0.2) is 30.3 Å². The normalized spacial score (nSPS) is 9.93. The third-order valence-corrected chi connectivity index (χ3v) is 1.38. The molecule has 1 rings (SSSR count). The second-order valence-electron chi connectivity index (χ2n) is 2.88. The second kappa shape index (κ2) is 5.24. The number of carbonyl (C=O) groups excluding carboxylic acids is 1. The third kappa shape index (κ3) is 3.91. The molecule has 0 aliphatic carbocycles. The fourth-order valence-corrected chi connectivity index (χ4v) is 0.889. The van der Waals surface area contributed by atoms with Crippen LogP contribution in [0.3, 0.4) is 0 Å². The van der Waals surface area contributed by atoms with Crippen LogP contribution in [0, 0.1) is 0 Å². The largest absolute Gasteiger partial charge is 0.482 e. The van der Waals surface area contributed by atoms with Crippen LogP contribution < -0.4 is 4.74 Å². The number of rotatable bonds is 4. The van der Waals surface area contributed by atoms with Gasteiger partial charge in [-0.3, -0.25) is 0 Å². The quantitative estimate of drug-likeness (QED) is 0.674. The van der Waals surface area contributed by atoms with Gasteiger partial charge in [-0.15, -0.1) is 5.06 Å². The van der Waals surface area contributed by atoms with E-state index in [2.05, 4.69) is 0 Å². The molecule has 0 fully saturated rings. The Hall–Kier alpha value is -1.55. The van der Waals surface area contributed by atoms with Gasteiger partial charge in [0.1, 0.15) is 5.75 Å². The fraction of sp³-hybridized carbons (Fsp3) is 0.300. The summed E-state index contributed by atoms with van der Waals surface area (Å²) >= 11 is 0. The monoisotopic (exact) mass is 195 g/mol. The van der Waals surface area contributed by atoms with Gasteiger partial charge < -0.3 is 9.57 Å². The Kier molecular flexibility index (Phi) is 3.94. The molecule has 0 saturated carbocycles. The summed E-state index contributed by atoms with van der Waals surface area (Å²) in [4.78, 5) is 15.8. The molecule has 0 aliphatic rings. The summed E-state index contributed by atoms with van der Waals surface area (Å²) in [5, 5.41) is 1.33. The highest BCUT2D eigenvalue weighted by molar-refractivity contribution is 5.70. The minimum absolute atomic E-state index is 0.0812. The number of hydroxylamine groups is 2. The van der Waals surface area contributed by atoms with Crippen molar-refractivity contribution >= 4 is 5.97 Å². The SMILES string of the molecule is CN(C)OC(=O)COc1ccccc1. The lowest BCUT2D eigenvalue weighted by atomic mass is 10.3. The van der Waals surface area contributed by atoms with E-state index in [4.69, 9.17) is 9.57 Å². The number of hydrogen-bond donors (Lipinski definition) is 0. The van der Waals surface area contributed by atoms with E-state index in [-0.39, 0.29) is 6.61 Å². The Bertz CT molecular complexity index is 285. The molecule has 0 amide bonds. The average molecular weight is 195 g/mol. The molecular formula is C10H13NO3. The number of carbonyl (C=O) groups is 1. The zero-order valence-corrected chi connectivity index (χ0v) is 8.27. The fourth-order valence-electron chi connectivity index (χ4n) is 0.889. The second-order valence-corrected chi connectivity index (χ2v) is 2.88. The summed E-state index contributed by atoms with van der Waals surface area (Å²) < 4.78 is 5.17. The van der Waals surface area contributed by atoms with E-state index in [1.54, 1.807) is 26.2 Å². The van der Waals surface area contributed by atoms with E-state index >= 15 is 0 Å². The maximum absolute atomic E-state index is 11.0. The van der Waals surface area contributed by atoms with Gasteiger partial charge in [-0.25, -0.2) is 4.79 Å². The first-order chi connectivity index (χ1) is 6.68. The van der Waals surface area contributed by atoms with Gasteiger partial charge in [-0.05, 0) is 12.1 Å². The molecule has 76 valence electrons. The van der Waals surface area contributed by atoms with Gasteiger partial charge in [0.05, 0.1) is 0 Å². The molecule has 0 atom stereocenters. The summed E-state index contributed by atoms with van der Waals surface area (Å²) in [5.74, 6) is 0.238. The highest BCUT2D eigenvalue weighted by Gasteiger charge is 2.04. The minimum Gasteiger partial charge on any atom is -0.482 e. The van der Waals surface area contributed by atoms with Gasteiger partial charge in [0.15, 0.2) is 6.61 Å². The maximum Gasteiger partial charge on any atom is 0.362 e. The van der Waals surface area contributed by atoms with E-state index < -0.39 is 5.97 Å². The predicted molar refractivity (Wildman–Crippen MR) is 51.7 cm³/mol. The van der Waals surface area contributed by atoms with Crippen LogP contribution in [-0.4, -0.2) is 31.7 Å². The first kappa shape index (κ1) is 10.5. The Morgan fingerprint density at radius 1 is 1.29 bits per heavy atom. The molecule has 4 nitrogen and oxygen atoms in total. The molecule has 0 radical (unpaired) electrons. The summed E-state index contributed by atoms with van der Waals surface area (Å²) in [6, 6.07) is 9.12. The first-order valence-electron chi connectivity index (χ1n) is 4.24. The topological polar surface area (TPSA) is 38.8 Å². The summed E-state index contributed by atoms with van der Waals surface area (Å²) in [5.41, 5.74) is 0. The van der Waals surface area contributed by atoms with Crippen LogP contribution in [0.25, 0.3) is 0 Å². The van der Waals surface area contributed by atoms with Crippen molar-refractivity contribution in [2.75, 3.05) is 20.7 Å². The van der Waals surface area contributed by atoms with Crippen molar-refractivity contribution in [2.45, 2.75) is 0 Å². The molecule has 0 heterocycles. The van der Waals surface area contributed by atoms with Gasteiger partial charge in [-0.2, -0.15) is 0 Å². The zero-order chi connectivity index (χ0) is 10.4. The highest BCUT2D eigenvalue weighted by Crippen LogP contribution is 2.07. The summed E-state index contributed by atoms with van der Waals surface area (Å²) in [6.45, 7) is -0.0812. The van der Waals surface area contributed by atoms with Crippen LogP contribution in [0.2, 0.25) is 0 Å². The number of hydrogen-bond acceptors (Lipinski definition) is 4. The summed E-state index contributed by atoms with van der Waals surface area (Å²) in [6.07, 6.45) is 0. The highest BCUT2D eigenvalue weighted by atomic mass is 16.7. The van der Waals surface area contributed by atoms with Crippen LogP contribution in [0.4, 0.5) is 0 Å². The van der Waals surface area contributed by atoms with Crippen molar-refractivity contribution in [3.8, 4) is 5.75 Å². The third-order valence-electron chi connectivity index (χ3n) is 1.38. The van der Waals surface area contributed by atoms with E-state index in [1.807, 2.05) is 18.2 Å². The maximum atomic E-state index is 11.0. The van der Waals surface area contributed by atoms with Crippen molar-refractivity contribution in [2.24, 2.45) is 0 Å². The molecule has 0 unspecified atom stereocenters. The smallest absolute Gasteiger partial charge is 0.362 e. The Morgan fingerprint density at radius 3 is 2.50 bits per heavy atom. The van der Waals surface area contributed by atoms with Gasteiger partial charge in [-0.1, -0.05) is 18.2 Å². The van der Waals surface area contributed by atoms with Gasteiger partial charge in [0, 0.05) is 14.1 Å². The number of para-hydroxylation sites is 1. The van der Waals surface area contributed by atoms with E-state index in [1.165, 1.54) is 5.06 Å². The molecule has 0 N–H and O–H groups in total. The van der Waals surface area contributed by atoms with Crippen LogP contribution in [0.5, 0.6) is 5.75 Å². The molecule has 1 aromatic rings. The number of ether oxygens (including phenoxy) is 1. The van der Waals surface area contributed by atoms with Crippen molar-refractivity contribution in [1.82, 2.24) is 5.06 Å². The van der Waals surface area contributed by atoms with E-state index in [0.717, 1.165) is 0 Å². The van der Waals surface area contributed by atoms with Crippen molar-refractivity contribution in [1.29, 1.82) is 0 Å². The van der Waals surface area contributed by atoms with Gasteiger partial charge in [0.25, 0.3) is 0 Å². The van der Waals surface area contributed by atoms with E-state index in [9.17, 15) is 4.79 Å². The molecule has 14 heavy (non-hydrogen) atoms. The zero-order valence-electron chi connectivity index (χ0n) is 8.27. The lowest BCUT2D eigenvalue weighted by Crippen LogP contribution is -2.23. The van der Waals surface area contributed by atoms with Crippen molar-refractivity contribution < 1.29 is 14.4 Å².